The second-order valence-electron chi connectivity index (χ2n) is 2.75. The van der Waals surface area contributed by atoms with Crippen molar-refractivity contribution in [2.45, 2.75) is 5.33 Å². The van der Waals surface area contributed by atoms with Crippen LogP contribution >= 0.6 is 27.5 Å². The van der Waals surface area contributed by atoms with Crippen molar-refractivity contribution in [2.24, 2.45) is 0 Å². The molecule has 0 N–H and O–H groups in total. The van der Waals surface area contributed by atoms with Crippen molar-refractivity contribution in [1.82, 2.24) is 4.98 Å². The third kappa shape index (κ3) is 1.56. The minimum absolute atomic E-state index is 0.570. The number of halogens is 2. The van der Waals surface area contributed by atoms with Gasteiger partial charge in [0, 0.05) is 16.9 Å². The SMILES string of the molecule is Clc1ncc(CBr)c2ccccc12. The van der Waals surface area contributed by atoms with Crippen molar-refractivity contribution < 1.29 is 0 Å². The summed E-state index contributed by atoms with van der Waals surface area (Å²) in [5, 5.41) is 3.55. The van der Waals surface area contributed by atoms with Crippen molar-refractivity contribution in [2.75, 3.05) is 0 Å². The molecule has 1 aromatic heterocycles. The van der Waals surface area contributed by atoms with Crippen molar-refractivity contribution in [3.63, 3.8) is 0 Å². The van der Waals surface area contributed by atoms with Gasteiger partial charge in [0.05, 0.1) is 0 Å². The molecule has 0 saturated heterocycles. The fraction of sp³-hybridized carbons (Fsp3) is 0.100. The Balaban J connectivity index is 2.84. The maximum Gasteiger partial charge on any atom is 0.136 e. The molecule has 2 rings (SSSR count). The summed E-state index contributed by atoms with van der Waals surface area (Å²) in [5.74, 6) is 0. The molecular formula is C10H7BrClN. The van der Waals surface area contributed by atoms with E-state index in [-0.39, 0.29) is 0 Å². The number of pyridine rings is 1. The van der Waals surface area contributed by atoms with Crippen molar-refractivity contribution in [1.29, 1.82) is 0 Å². The Hall–Kier alpha value is -0.600. The molecular weight excluding hydrogens is 249 g/mol. The van der Waals surface area contributed by atoms with Gasteiger partial charge in [0.2, 0.25) is 0 Å². The average molecular weight is 257 g/mol. The molecule has 0 unspecified atom stereocenters. The maximum absolute atomic E-state index is 5.96. The Morgan fingerprint density at radius 3 is 2.62 bits per heavy atom. The van der Waals surface area contributed by atoms with Gasteiger partial charge in [-0.3, -0.25) is 0 Å². The molecule has 0 atom stereocenters. The van der Waals surface area contributed by atoms with Crippen LogP contribution in [0, 0.1) is 0 Å². The van der Waals surface area contributed by atoms with Gasteiger partial charge in [-0.05, 0) is 10.9 Å². The Labute approximate surface area is 89.9 Å². The number of alkyl halides is 1. The zero-order chi connectivity index (χ0) is 9.26. The lowest BCUT2D eigenvalue weighted by Gasteiger charge is -2.03. The summed E-state index contributed by atoms with van der Waals surface area (Å²) < 4.78 is 0. The second kappa shape index (κ2) is 3.64. The topological polar surface area (TPSA) is 12.9 Å². The number of aromatic nitrogens is 1. The molecule has 3 heteroatoms. The lowest BCUT2D eigenvalue weighted by molar-refractivity contribution is 1.30. The summed E-state index contributed by atoms with van der Waals surface area (Å²) in [6.07, 6.45) is 1.80. The number of hydrogen-bond acceptors (Lipinski definition) is 1. The molecule has 1 heterocycles. The Kier molecular flexibility index (Phi) is 2.51. The molecule has 0 aliphatic carbocycles. The number of rotatable bonds is 1. The van der Waals surface area contributed by atoms with Gasteiger partial charge < -0.3 is 0 Å². The van der Waals surface area contributed by atoms with Crippen LogP contribution in [0.2, 0.25) is 5.15 Å². The molecule has 0 aliphatic rings. The van der Waals surface area contributed by atoms with E-state index in [9.17, 15) is 0 Å². The van der Waals surface area contributed by atoms with Crippen LogP contribution in [0.25, 0.3) is 10.8 Å². The summed E-state index contributed by atoms with van der Waals surface area (Å²) in [7, 11) is 0. The number of fused-ring (bicyclic) bond motifs is 1. The van der Waals surface area contributed by atoms with E-state index in [1.165, 1.54) is 10.9 Å². The fourth-order valence-electron chi connectivity index (χ4n) is 1.32. The van der Waals surface area contributed by atoms with Gasteiger partial charge >= 0.3 is 0 Å². The molecule has 0 amide bonds. The van der Waals surface area contributed by atoms with Crippen molar-refractivity contribution >= 4 is 38.3 Å². The Morgan fingerprint density at radius 1 is 1.23 bits per heavy atom. The van der Waals surface area contributed by atoms with Gasteiger partial charge in [0.15, 0.2) is 0 Å². The number of hydrogen-bond donors (Lipinski definition) is 0. The highest BCUT2D eigenvalue weighted by molar-refractivity contribution is 9.08. The van der Waals surface area contributed by atoms with E-state index >= 15 is 0 Å². The standard InChI is InChI=1S/C10H7BrClN/c11-5-7-6-13-10(12)9-4-2-1-3-8(7)9/h1-4,6H,5H2. The molecule has 0 bridgehead atoms. The summed E-state index contributed by atoms with van der Waals surface area (Å²) >= 11 is 9.38. The molecule has 0 radical (unpaired) electrons. The lowest BCUT2D eigenvalue weighted by atomic mass is 10.1. The highest BCUT2D eigenvalue weighted by Gasteiger charge is 2.03. The molecule has 0 aliphatic heterocycles. The zero-order valence-electron chi connectivity index (χ0n) is 6.80. The molecule has 2 aromatic rings. The van der Waals surface area contributed by atoms with Gasteiger partial charge in [-0.15, -0.1) is 0 Å². The van der Waals surface area contributed by atoms with Crippen LogP contribution < -0.4 is 0 Å². The van der Waals surface area contributed by atoms with Crippen molar-refractivity contribution in [3.8, 4) is 0 Å². The summed E-state index contributed by atoms with van der Waals surface area (Å²) in [6, 6.07) is 8.01. The van der Waals surface area contributed by atoms with Crippen LogP contribution in [0.4, 0.5) is 0 Å². The van der Waals surface area contributed by atoms with E-state index in [1.807, 2.05) is 18.2 Å². The van der Waals surface area contributed by atoms with E-state index in [4.69, 9.17) is 11.6 Å². The van der Waals surface area contributed by atoms with Gasteiger partial charge in [0.25, 0.3) is 0 Å². The largest absolute Gasteiger partial charge is 0.244 e. The predicted octanol–water partition coefficient (Wildman–Crippen LogP) is 3.78. The number of benzene rings is 1. The van der Waals surface area contributed by atoms with E-state index in [0.717, 1.165) is 10.7 Å². The Bertz CT molecular complexity index is 442. The minimum atomic E-state index is 0.570. The fourth-order valence-corrected chi connectivity index (χ4v) is 1.98. The maximum atomic E-state index is 5.96. The van der Waals surface area contributed by atoms with Crippen molar-refractivity contribution in [3.05, 3.63) is 41.2 Å². The third-order valence-corrected chi connectivity index (χ3v) is 2.88. The van der Waals surface area contributed by atoms with E-state index in [2.05, 4.69) is 27.0 Å². The quantitative estimate of drug-likeness (QED) is 0.559. The summed E-state index contributed by atoms with van der Waals surface area (Å²) in [6.45, 7) is 0. The molecule has 0 saturated carbocycles. The van der Waals surface area contributed by atoms with Gasteiger partial charge in [-0.25, -0.2) is 4.98 Å². The first kappa shape index (κ1) is 8.97. The lowest BCUT2D eigenvalue weighted by Crippen LogP contribution is -1.85. The number of nitrogens with zero attached hydrogens (tertiary/aromatic N) is 1. The highest BCUT2D eigenvalue weighted by Crippen LogP contribution is 2.25. The van der Waals surface area contributed by atoms with Crippen LogP contribution in [0.3, 0.4) is 0 Å². The average Bonchev–Trinajstić information content (AvgIpc) is 2.19. The van der Waals surface area contributed by atoms with Crippen LogP contribution in [-0.4, -0.2) is 4.98 Å². The van der Waals surface area contributed by atoms with Gasteiger partial charge in [0.1, 0.15) is 5.15 Å². The van der Waals surface area contributed by atoms with E-state index in [1.54, 1.807) is 6.20 Å². The molecule has 0 spiro atoms. The smallest absolute Gasteiger partial charge is 0.136 e. The summed E-state index contributed by atoms with van der Waals surface area (Å²) in [4.78, 5) is 4.11. The van der Waals surface area contributed by atoms with Gasteiger partial charge in [-0.1, -0.05) is 51.8 Å². The first-order valence-corrected chi connectivity index (χ1v) is 5.41. The normalized spacial score (nSPS) is 10.6. The minimum Gasteiger partial charge on any atom is -0.244 e. The predicted molar refractivity (Wildman–Crippen MR) is 59.4 cm³/mol. The zero-order valence-corrected chi connectivity index (χ0v) is 9.14. The van der Waals surface area contributed by atoms with Crippen LogP contribution in [0.15, 0.2) is 30.5 Å². The van der Waals surface area contributed by atoms with E-state index < -0.39 is 0 Å². The molecule has 13 heavy (non-hydrogen) atoms. The third-order valence-electron chi connectivity index (χ3n) is 1.97. The first-order chi connectivity index (χ1) is 6.33. The molecule has 0 fully saturated rings. The Morgan fingerprint density at radius 2 is 1.92 bits per heavy atom. The molecule has 66 valence electrons. The highest BCUT2D eigenvalue weighted by atomic mass is 79.9. The van der Waals surface area contributed by atoms with E-state index in [0.29, 0.717) is 5.15 Å². The first-order valence-electron chi connectivity index (χ1n) is 3.91. The molecule has 1 nitrogen and oxygen atoms in total. The van der Waals surface area contributed by atoms with Gasteiger partial charge in [-0.2, -0.15) is 0 Å². The monoisotopic (exact) mass is 255 g/mol. The van der Waals surface area contributed by atoms with Crippen LogP contribution in [-0.2, 0) is 5.33 Å². The second-order valence-corrected chi connectivity index (χ2v) is 3.67. The van der Waals surface area contributed by atoms with Crippen LogP contribution in [0.5, 0.6) is 0 Å². The summed E-state index contributed by atoms with van der Waals surface area (Å²) in [5.41, 5.74) is 1.17. The molecule has 1 aromatic carbocycles. The van der Waals surface area contributed by atoms with Crippen LogP contribution in [0.1, 0.15) is 5.56 Å².